The van der Waals surface area contributed by atoms with E-state index in [0.717, 1.165) is 17.7 Å². The van der Waals surface area contributed by atoms with Crippen LogP contribution in [-0.4, -0.2) is 24.2 Å². The fourth-order valence-corrected chi connectivity index (χ4v) is 3.32. The zero-order valence-corrected chi connectivity index (χ0v) is 16.3. The van der Waals surface area contributed by atoms with Gasteiger partial charge in [-0.05, 0) is 29.1 Å². The van der Waals surface area contributed by atoms with Crippen LogP contribution in [0.15, 0.2) is 72.1 Å². The second-order valence-corrected chi connectivity index (χ2v) is 7.21. The average molecular weight is 434 g/mol. The summed E-state index contributed by atoms with van der Waals surface area (Å²) in [5.41, 5.74) is 0.934. The van der Waals surface area contributed by atoms with Gasteiger partial charge in [0, 0.05) is 18.2 Å². The summed E-state index contributed by atoms with van der Waals surface area (Å²) in [6, 6.07) is 16.4. The van der Waals surface area contributed by atoms with Crippen molar-refractivity contribution in [3.8, 4) is 5.75 Å². The highest BCUT2D eigenvalue weighted by Crippen LogP contribution is 2.25. The number of carbonyl (C=O) groups excluding carboxylic acids is 2. The maximum Gasteiger partial charge on any atom is 0.573 e. The molecule has 1 unspecified atom stereocenters. The van der Waals surface area contributed by atoms with Gasteiger partial charge >= 0.3 is 6.36 Å². The molecule has 0 bridgehead atoms. The SMILES string of the molecule is O=C(NC(Cc1ccccc1)C(=O)Nc1cccc(OC(F)(F)F)c1)c1cccs1. The normalized spacial score (nSPS) is 12.1. The first-order chi connectivity index (χ1) is 14.3. The molecule has 2 N–H and O–H groups in total. The number of carbonyl (C=O) groups is 2. The molecular formula is C21H17F3N2O3S. The highest BCUT2D eigenvalue weighted by atomic mass is 32.1. The molecule has 9 heteroatoms. The first kappa shape index (κ1) is 21.4. The summed E-state index contributed by atoms with van der Waals surface area (Å²) in [6.45, 7) is 0. The van der Waals surface area contributed by atoms with Crippen LogP contribution in [0.4, 0.5) is 18.9 Å². The summed E-state index contributed by atoms with van der Waals surface area (Å²) in [6.07, 6.45) is -4.63. The number of ether oxygens (including phenoxy) is 1. The second-order valence-electron chi connectivity index (χ2n) is 6.26. The van der Waals surface area contributed by atoms with Gasteiger partial charge in [-0.15, -0.1) is 24.5 Å². The Labute approximate surface area is 174 Å². The first-order valence-corrected chi connectivity index (χ1v) is 9.73. The fourth-order valence-electron chi connectivity index (χ4n) is 2.70. The molecule has 5 nitrogen and oxygen atoms in total. The van der Waals surface area contributed by atoms with Crippen LogP contribution in [0.2, 0.25) is 0 Å². The molecule has 1 heterocycles. The number of thiophene rings is 1. The Balaban J connectivity index is 1.76. The van der Waals surface area contributed by atoms with E-state index in [4.69, 9.17) is 0 Å². The van der Waals surface area contributed by atoms with E-state index in [1.807, 2.05) is 30.3 Å². The van der Waals surface area contributed by atoms with Crippen LogP contribution in [0.25, 0.3) is 0 Å². The monoisotopic (exact) mass is 434 g/mol. The zero-order chi connectivity index (χ0) is 21.6. The van der Waals surface area contributed by atoms with E-state index in [1.54, 1.807) is 17.5 Å². The van der Waals surface area contributed by atoms with Gasteiger partial charge < -0.3 is 15.4 Å². The first-order valence-electron chi connectivity index (χ1n) is 8.85. The third-order valence-corrected chi connectivity index (χ3v) is 4.85. The quantitative estimate of drug-likeness (QED) is 0.570. The lowest BCUT2D eigenvalue weighted by atomic mass is 10.0. The van der Waals surface area contributed by atoms with Crippen molar-refractivity contribution in [2.75, 3.05) is 5.32 Å². The minimum Gasteiger partial charge on any atom is -0.406 e. The Bertz CT molecular complexity index is 992. The fraction of sp³-hybridized carbons (Fsp3) is 0.143. The van der Waals surface area contributed by atoms with Gasteiger partial charge in [-0.3, -0.25) is 9.59 Å². The lowest BCUT2D eigenvalue weighted by Gasteiger charge is -2.19. The number of halogens is 3. The largest absolute Gasteiger partial charge is 0.573 e. The van der Waals surface area contributed by atoms with E-state index < -0.39 is 30.0 Å². The number of anilines is 1. The standard InChI is InChI=1S/C21H17F3N2O3S/c22-21(23,24)29-16-9-4-8-15(13-16)25-19(27)17(12-14-6-2-1-3-7-14)26-20(28)18-10-5-11-30-18/h1-11,13,17H,12H2,(H,25,27)(H,26,28). The second kappa shape index (κ2) is 9.45. The van der Waals surface area contributed by atoms with Crippen molar-refractivity contribution in [1.82, 2.24) is 5.32 Å². The third kappa shape index (κ3) is 6.35. The van der Waals surface area contributed by atoms with Crippen molar-refractivity contribution in [3.63, 3.8) is 0 Å². The number of benzene rings is 2. The van der Waals surface area contributed by atoms with Crippen molar-refractivity contribution in [2.45, 2.75) is 18.8 Å². The van der Waals surface area contributed by atoms with Crippen LogP contribution in [-0.2, 0) is 11.2 Å². The smallest absolute Gasteiger partial charge is 0.406 e. The molecule has 0 aliphatic heterocycles. The number of amides is 2. The highest BCUT2D eigenvalue weighted by Gasteiger charge is 2.31. The van der Waals surface area contributed by atoms with Gasteiger partial charge in [0.25, 0.3) is 5.91 Å². The maximum atomic E-state index is 12.8. The Hall–Kier alpha value is -3.33. The minimum atomic E-state index is -4.84. The van der Waals surface area contributed by atoms with Gasteiger partial charge in [0.05, 0.1) is 4.88 Å². The number of hydrogen-bond donors (Lipinski definition) is 2. The Morgan fingerprint density at radius 2 is 1.77 bits per heavy atom. The summed E-state index contributed by atoms with van der Waals surface area (Å²) in [5.74, 6) is -1.43. The van der Waals surface area contributed by atoms with Gasteiger partial charge in [-0.25, -0.2) is 0 Å². The molecular weight excluding hydrogens is 417 g/mol. The van der Waals surface area contributed by atoms with E-state index in [1.165, 1.54) is 23.5 Å². The van der Waals surface area contributed by atoms with E-state index in [-0.39, 0.29) is 12.1 Å². The number of hydrogen-bond acceptors (Lipinski definition) is 4. The van der Waals surface area contributed by atoms with Crippen molar-refractivity contribution >= 4 is 28.8 Å². The van der Waals surface area contributed by atoms with Crippen LogP contribution in [0.3, 0.4) is 0 Å². The van der Waals surface area contributed by atoms with E-state index in [0.29, 0.717) is 4.88 Å². The summed E-state index contributed by atoms with van der Waals surface area (Å²) in [4.78, 5) is 25.7. The van der Waals surface area contributed by atoms with Crippen molar-refractivity contribution < 1.29 is 27.5 Å². The van der Waals surface area contributed by atoms with Gasteiger partial charge in [-0.1, -0.05) is 42.5 Å². The predicted molar refractivity (Wildman–Crippen MR) is 107 cm³/mol. The minimum absolute atomic E-state index is 0.116. The van der Waals surface area contributed by atoms with Crippen LogP contribution >= 0.6 is 11.3 Å². The summed E-state index contributed by atoms with van der Waals surface area (Å²) in [5, 5.41) is 6.97. The average Bonchev–Trinajstić information content (AvgIpc) is 3.22. The topological polar surface area (TPSA) is 67.4 Å². The maximum absolute atomic E-state index is 12.8. The molecule has 3 aromatic rings. The van der Waals surface area contributed by atoms with Gasteiger partial charge in [0.2, 0.25) is 5.91 Å². The molecule has 0 saturated carbocycles. The molecule has 0 aliphatic rings. The van der Waals surface area contributed by atoms with Crippen molar-refractivity contribution in [2.24, 2.45) is 0 Å². The molecule has 0 saturated heterocycles. The molecule has 3 rings (SSSR count). The highest BCUT2D eigenvalue weighted by molar-refractivity contribution is 7.12. The molecule has 2 amide bonds. The van der Waals surface area contributed by atoms with Gasteiger partial charge in [-0.2, -0.15) is 0 Å². The van der Waals surface area contributed by atoms with E-state index in [2.05, 4.69) is 15.4 Å². The lowest BCUT2D eigenvalue weighted by Crippen LogP contribution is -2.45. The molecule has 0 fully saturated rings. The molecule has 0 radical (unpaired) electrons. The number of alkyl halides is 3. The van der Waals surface area contributed by atoms with E-state index >= 15 is 0 Å². The molecule has 0 spiro atoms. The van der Waals surface area contributed by atoms with Crippen molar-refractivity contribution in [3.05, 3.63) is 82.6 Å². The zero-order valence-electron chi connectivity index (χ0n) is 15.5. The number of nitrogens with one attached hydrogen (secondary N) is 2. The summed E-state index contributed by atoms with van der Waals surface area (Å²) < 4.78 is 41.2. The third-order valence-electron chi connectivity index (χ3n) is 3.98. The molecule has 1 aromatic heterocycles. The van der Waals surface area contributed by atoms with Gasteiger partial charge in [0.1, 0.15) is 11.8 Å². The summed E-state index contributed by atoms with van der Waals surface area (Å²) >= 11 is 1.24. The molecule has 30 heavy (non-hydrogen) atoms. The van der Waals surface area contributed by atoms with Crippen LogP contribution in [0.5, 0.6) is 5.75 Å². The predicted octanol–water partition coefficient (Wildman–Crippen LogP) is 4.63. The Morgan fingerprint density at radius 3 is 2.43 bits per heavy atom. The number of rotatable bonds is 7. The van der Waals surface area contributed by atoms with E-state index in [9.17, 15) is 22.8 Å². The van der Waals surface area contributed by atoms with Crippen LogP contribution < -0.4 is 15.4 Å². The molecule has 0 aliphatic carbocycles. The molecule has 2 aromatic carbocycles. The van der Waals surface area contributed by atoms with Crippen LogP contribution in [0, 0.1) is 0 Å². The Kier molecular flexibility index (Phi) is 6.73. The van der Waals surface area contributed by atoms with Crippen LogP contribution in [0.1, 0.15) is 15.2 Å². The van der Waals surface area contributed by atoms with Crippen molar-refractivity contribution in [1.29, 1.82) is 0 Å². The summed E-state index contributed by atoms with van der Waals surface area (Å²) in [7, 11) is 0. The molecule has 1 atom stereocenters. The van der Waals surface area contributed by atoms with Gasteiger partial charge in [0.15, 0.2) is 0 Å². The Morgan fingerprint density at radius 1 is 1.00 bits per heavy atom. The molecule has 156 valence electrons. The lowest BCUT2D eigenvalue weighted by molar-refractivity contribution is -0.274.